The van der Waals surface area contributed by atoms with Crippen LogP contribution < -0.4 is 0 Å². The van der Waals surface area contributed by atoms with E-state index in [9.17, 15) is 0 Å². The van der Waals surface area contributed by atoms with Crippen molar-refractivity contribution in [2.45, 2.75) is 37.5 Å². The van der Waals surface area contributed by atoms with Crippen LogP contribution in [0, 0.1) is 23.7 Å². The average molecular weight is 866 g/mol. The van der Waals surface area contributed by atoms with E-state index >= 15 is 0 Å². The van der Waals surface area contributed by atoms with Gasteiger partial charge in [-0.25, -0.2) is 15.0 Å². The second kappa shape index (κ2) is 13.9. The zero-order valence-corrected chi connectivity index (χ0v) is 37.1. The summed E-state index contributed by atoms with van der Waals surface area (Å²) in [7, 11) is 0. The molecule has 0 amide bonds. The molecule has 11 aromatic rings. The van der Waals surface area contributed by atoms with Gasteiger partial charge in [-0.3, -0.25) is 0 Å². The van der Waals surface area contributed by atoms with Crippen molar-refractivity contribution in [3.8, 4) is 67.5 Å². The number of rotatable bonds is 5. The topological polar surface area (TPSA) is 51.8 Å². The monoisotopic (exact) mass is 865 g/mol. The van der Waals surface area contributed by atoms with Crippen molar-refractivity contribution in [2.75, 3.05) is 0 Å². The van der Waals surface area contributed by atoms with E-state index in [1.807, 2.05) is 11.3 Å². The van der Waals surface area contributed by atoms with Gasteiger partial charge in [-0.05, 0) is 131 Å². The van der Waals surface area contributed by atoms with Gasteiger partial charge in [-0.2, -0.15) is 0 Å². The van der Waals surface area contributed by atoms with Crippen molar-refractivity contribution in [3.63, 3.8) is 0 Å². The molecular weight excluding hydrogens is 823 g/mol. The summed E-state index contributed by atoms with van der Waals surface area (Å²) < 4.78 is 9.11. The Balaban J connectivity index is 0.949. The summed E-state index contributed by atoms with van der Waals surface area (Å²) in [6.45, 7) is 0. The van der Waals surface area contributed by atoms with Gasteiger partial charge in [0.05, 0.1) is 0 Å². The van der Waals surface area contributed by atoms with E-state index in [1.165, 1.54) is 91.2 Å². The molecule has 0 aliphatic heterocycles. The van der Waals surface area contributed by atoms with Gasteiger partial charge in [-0.1, -0.05) is 146 Å². The summed E-state index contributed by atoms with van der Waals surface area (Å²) in [5.41, 5.74) is 15.3. The number of nitrogens with zero attached hydrogens (tertiary/aromatic N) is 3. The zero-order chi connectivity index (χ0) is 43.1. The molecule has 4 nitrogen and oxygen atoms in total. The summed E-state index contributed by atoms with van der Waals surface area (Å²) in [6, 6.07) is 64.1. The minimum atomic E-state index is -0.128. The molecule has 314 valence electrons. The number of hydrogen-bond donors (Lipinski definition) is 0. The first-order chi connectivity index (χ1) is 32.7. The van der Waals surface area contributed by atoms with E-state index in [4.69, 9.17) is 19.4 Å². The summed E-state index contributed by atoms with van der Waals surface area (Å²) in [4.78, 5) is 16.4. The quantitative estimate of drug-likeness (QED) is 0.173. The van der Waals surface area contributed by atoms with Crippen molar-refractivity contribution >= 4 is 53.4 Å². The molecule has 3 heterocycles. The number of hydrogen-bond acceptors (Lipinski definition) is 5. The summed E-state index contributed by atoms with van der Waals surface area (Å²) in [6.07, 6.45) is 6.54. The molecule has 0 atom stereocenters. The zero-order valence-electron chi connectivity index (χ0n) is 36.2. The molecular formula is C61H43N3OS. The fourth-order valence-electron chi connectivity index (χ4n) is 13.8. The number of benzene rings is 8. The van der Waals surface area contributed by atoms with Crippen LogP contribution in [0.15, 0.2) is 180 Å². The van der Waals surface area contributed by atoms with Crippen molar-refractivity contribution in [1.82, 2.24) is 15.0 Å². The fourth-order valence-corrected chi connectivity index (χ4v) is 15.0. The largest absolute Gasteiger partial charge is 0.456 e. The first kappa shape index (κ1) is 37.1. The van der Waals surface area contributed by atoms with Crippen LogP contribution in [-0.4, -0.2) is 15.0 Å². The van der Waals surface area contributed by atoms with Crippen LogP contribution in [0.1, 0.15) is 43.2 Å². The van der Waals surface area contributed by atoms with Crippen LogP contribution in [0.5, 0.6) is 0 Å². The highest BCUT2D eigenvalue weighted by molar-refractivity contribution is 7.26. The SMILES string of the molecule is c1ccc(-c2nc(-c3cccc(-c4cccc5c4sc4ccccc45)c3)nc(-c3cccc4c3C3(c5cccc(-c6ccc7c(c6)oc6ccccc67)c5-4)C4CC5CC(C4)CC3C5)n2)cc1. The maximum absolute atomic E-state index is 6.50. The first-order valence-corrected chi connectivity index (χ1v) is 24.5. The van der Waals surface area contributed by atoms with E-state index in [0.29, 0.717) is 23.5 Å². The van der Waals surface area contributed by atoms with Crippen LogP contribution in [0.3, 0.4) is 0 Å². The molecule has 5 aliphatic carbocycles. The molecule has 4 saturated carbocycles. The van der Waals surface area contributed by atoms with E-state index in [1.54, 1.807) is 0 Å². The van der Waals surface area contributed by atoms with E-state index in [0.717, 1.165) is 61.9 Å². The minimum Gasteiger partial charge on any atom is -0.456 e. The van der Waals surface area contributed by atoms with Crippen molar-refractivity contribution in [3.05, 3.63) is 187 Å². The normalized spacial score (nSPS) is 21.4. The Morgan fingerprint density at radius 3 is 1.89 bits per heavy atom. The van der Waals surface area contributed by atoms with Gasteiger partial charge in [0, 0.05) is 53.1 Å². The molecule has 5 aliphatic rings. The number of furan rings is 1. The Morgan fingerprint density at radius 1 is 0.424 bits per heavy atom. The van der Waals surface area contributed by atoms with Crippen LogP contribution in [0.25, 0.3) is 110 Å². The van der Waals surface area contributed by atoms with Crippen molar-refractivity contribution < 1.29 is 4.42 Å². The first-order valence-electron chi connectivity index (χ1n) is 23.7. The Morgan fingerprint density at radius 2 is 1.03 bits per heavy atom. The molecule has 4 fully saturated rings. The third-order valence-electron chi connectivity index (χ3n) is 16.1. The molecule has 4 bridgehead atoms. The molecule has 16 rings (SSSR count). The number of fused-ring (bicyclic) bond motifs is 9. The van der Waals surface area contributed by atoms with Crippen LogP contribution >= 0.6 is 11.3 Å². The lowest BCUT2D eigenvalue weighted by Gasteiger charge is -2.61. The Bertz CT molecular complexity index is 3780. The number of para-hydroxylation sites is 1. The average Bonchev–Trinajstić information content (AvgIpc) is 4.04. The van der Waals surface area contributed by atoms with Gasteiger partial charge in [-0.15, -0.1) is 11.3 Å². The number of thiophene rings is 1. The predicted molar refractivity (Wildman–Crippen MR) is 270 cm³/mol. The maximum Gasteiger partial charge on any atom is 0.164 e. The molecule has 66 heavy (non-hydrogen) atoms. The fraction of sp³-hybridized carbons (Fsp3) is 0.164. The maximum atomic E-state index is 6.50. The van der Waals surface area contributed by atoms with Gasteiger partial charge in [0.25, 0.3) is 0 Å². The van der Waals surface area contributed by atoms with E-state index in [-0.39, 0.29) is 5.41 Å². The summed E-state index contributed by atoms with van der Waals surface area (Å²) in [5.74, 6) is 4.89. The third kappa shape index (κ3) is 5.23. The van der Waals surface area contributed by atoms with E-state index in [2.05, 4.69) is 176 Å². The van der Waals surface area contributed by atoms with E-state index < -0.39 is 0 Å². The van der Waals surface area contributed by atoms with Gasteiger partial charge < -0.3 is 4.42 Å². The molecule has 0 saturated heterocycles. The highest BCUT2D eigenvalue weighted by Crippen LogP contribution is 2.71. The summed E-state index contributed by atoms with van der Waals surface area (Å²) in [5, 5.41) is 4.92. The van der Waals surface area contributed by atoms with Crippen LogP contribution in [0.4, 0.5) is 0 Å². The third-order valence-corrected chi connectivity index (χ3v) is 17.3. The van der Waals surface area contributed by atoms with Crippen molar-refractivity contribution in [1.29, 1.82) is 0 Å². The highest BCUT2D eigenvalue weighted by Gasteiger charge is 2.62. The molecule has 3 aromatic heterocycles. The Hall–Kier alpha value is -7.21. The summed E-state index contributed by atoms with van der Waals surface area (Å²) >= 11 is 1.87. The molecule has 0 radical (unpaired) electrons. The van der Waals surface area contributed by atoms with Gasteiger partial charge in [0.1, 0.15) is 11.2 Å². The Labute approximate surface area is 386 Å². The van der Waals surface area contributed by atoms with Crippen molar-refractivity contribution in [2.24, 2.45) is 23.7 Å². The molecule has 0 unspecified atom stereocenters. The second-order valence-corrected chi connectivity index (χ2v) is 20.5. The van der Waals surface area contributed by atoms with Gasteiger partial charge >= 0.3 is 0 Å². The standard InChI is InChI=1S/C61H43N3OS/c1-2-12-37(13-3-1)58-62-59(40-15-8-14-38(33-40)44-19-9-20-48-47-17-5-7-25-54(47)66-57(44)48)64-60(63-58)50-22-10-21-49-55-43(39-26-27-46-45-16-4-6-24-52(45)65-53(46)34-39)18-11-23-51(55)61(56(49)50)41-29-35-28-36(31-41)32-42(61)30-35/h1-27,33-36,41-42H,28-32H2. The lowest BCUT2D eigenvalue weighted by Crippen LogP contribution is -2.55. The molecule has 1 spiro atoms. The van der Waals surface area contributed by atoms with Crippen LogP contribution in [-0.2, 0) is 5.41 Å². The van der Waals surface area contributed by atoms with Crippen LogP contribution in [0.2, 0.25) is 0 Å². The highest BCUT2D eigenvalue weighted by atomic mass is 32.1. The molecule has 5 heteroatoms. The molecule has 0 N–H and O–H groups in total. The lowest BCUT2D eigenvalue weighted by molar-refractivity contribution is -0.0397. The predicted octanol–water partition coefficient (Wildman–Crippen LogP) is 16.2. The Kier molecular flexibility index (Phi) is 7.81. The lowest BCUT2D eigenvalue weighted by atomic mass is 9.43. The second-order valence-electron chi connectivity index (χ2n) is 19.5. The number of aromatic nitrogens is 3. The molecule has 8 aromatic carbocycles. The van der Waals surface area contributed by atoms with Gasteiger partial charge in [0.2, 0.25) is 0 Å². The minimum absolute atomic E-state index is 0.128. The van der Waals surface area contributed by atoms with Gasteiger partial charge in [0.15, 0.2) is 17.5 Å². The smallest absolute Gasteiger partial charge is 0.164 e.